The Labute approximate surface area is 133 Å². The Hall–Kier alpha value is -0.825. The highest BCUT2D eigenvalue weighted by Crippen LogP contribution is 2.39. The van der Waals surface area contributed by atoms with Gasteiger partial charge in [0, 0.05) is 5.75 Å². The SMILES string of the molecule is CC1(C)OB(C(=Cc2ncc(C(=O)O)s2)CS)OC1(C)C. The van der Waals surface area contributed by atoms with Gasteiger partial charge in [-0.3, -0.25) is 0 Å². The summed E-state index contributed by atoms with van der Waals surface area (Å²) >= 11 is 5.43. The zero-order valence-corrected chi connectivity index (χ0v) is 14.1. The molecule has 5 nitrogen and oxygen atoms in total. The number of hydrogen-bond donors (Lipinski definition) is 2. The van der Waals surface area contributed by atoms with Gasteiger partial charge in [0.15, 0.2) is 0 Å². The lowest BCUT2D eigenvalue weighted by Crippen LogP contribution is -2.41. The fourth-order valence-corrected chi connectivity index (χ4v) is 2.77. The van der Waals surface area contributed by atoms with Crippen LogP contribution in [0.2, 0.25) is 0 Å². The van der Waals surface area contributed by atoms with Crippen LogP contribution in [0.25, 0.3) is 6.08 Å². The van der Waals surface area contributed by atoms with Gasteiger partial charge in [0.1, 0.15) is 9.88 Å². The number of aromatic nitrogens is 1. The molecule has 0 atom stereocenters. The molecule has 0 radical (unpaired) electrons. The van der Waals surface area contributed by atoms with Crippen molar-refractivity contribution in [3.05, 3.63) is 21.6 Å². The van der Waals surface area contributed by atoms with Crippen molar-refractivity contribution in [1.29, 1.82) is 0 Å². The van der Waals surface area contributed by atoms with E-state index in [4.69, 9.17) is 14.4 Å². The first kappa shape index (κ1) is 16.5. The fourth-order valence-electron chi connectivity index (χ4n) is 1.79. The molecular formula is C13H18BNO4S2. The first-order valence-electron chi connectivity index (χ1n) is 6.52. The number of aromatic carboxylic acids is 1. The van der Waals surface area contributed by atoms with Crippen molar-refractivity contribution in [1.82, 2.24) is 4.98 Å². The largest absolute Gasteiger partial charge is 0.491 e. The van der Waals surface area contributed by atoms with Crippen LogP contribution in [0.1, 0.15) is 42.4 Å². The van der Waals surface area contributed by atoms with Crippen molar-refractivity contribution in [2.45, 2.75) is 38.9 Å². The molecule has 0 aliphatic carbocycles. The van der Waals surface area contributed by atoms with Gasteiger partial charge in [0.25, 0.3) is 0 Å². The lowest BCUT2D eigenvalue weighted by Gasteiger charge is -2.32. The molecule has 0 bridgehead atoms. The molecule has 1 aliphatic heterocycles. The van der Waals surface area contributed by atoms with Crippen LogP contribution in [-0.4, -0.2) is 40.1 Å². The summed E-state index contributed by atoms with van der Waals surface area (Å²) in [5.74, 6) is -0.533. The minimum absolute atomic E-state index is 0.202. The normalized spacial score (nSPS) is 20.8. The zero-order chi connectivity index (χ0) is 15.8. The summed E-state index contributed by atoms with van der Waals surface area (Å²) in [6.07, 6.45) is 3.13. The van der Waals surface area contributed by atoms with Crippen molar-refractivity contribution >= 4 is 43.1 Å². The van der Waals surface area contributed by atoms with E-state index in [1.807, 2.05) is 27.7 Å². The lowest BCUT2D eigenvalue weighted by atomic mass is 9.79. The first-order valence-corrected chi connectivity index (χ1v) is 7.97. The number of rotatable bonds is 4. The number of carbonyl (C=O) groups is 1. The van der Waals surface area contributed by atoms with Crippen molar-refractivity contribution < 1.29 is 19.2 Å². The Morgan fingerprint density at radius 1 is 1.43 bits per heavy atom. The van der Waals surface area contributed by atoms with Gasteiger partial charge in [0.05, 0.1) is 17.4 Å². The summed E-state index contributed by atoms with van der Waals surface area (Å²) in [7, 11) is -0.496. The van der Waals surface area contributed by atoms with Crippen molar-refractivity contribution in [2.24, 2.45) is 0 Å². The van der Waals surface area contributed by atoms with Crippen LogP contribution < -0.4 is 0 Å². The van der Waals surface area contributed by atoms with Gasteiger partial charge in [-0.2, -0.15) is 12.6 Å². The van der Waals surface area contributed by atoms with Gasteiger partial charge in [-0.05, 0) is 39.2 Å². The molecule has 1 saturated heterocycles. The number of nitrogens with zero attached hydrogens (tertiary/aromatic N) is 1. The smallest absolute Gasteiger partial charge is 0.477 e. The molecular weight excluding hydrogens is 309 g/mol. The van der Waals surface area contributed by atoms with E-state index in [1.165, 1.54) is 6.20 Å². The minimum Gasteiger partial charge on any atom is -0.477 e. The highest BCUT2D eigenvalue weighted by molar-refractivity contribution is 7.80. The van der Waals surface area contributed by atoms with Gasteiger partial charge < -0.3 is 14.4 Å². The number of carboxylic acids is 1. The number of carboxylic acid groups (broad SMARTS) is 1. The van der Waals surface area contributed by atoms with Crippen LogP contribution in [0.5, 0.6) is 0 Å². The molecule has 1 fully saturated rings. The summed E-state index contributed by atoms with van der Waals surface area (Å²) in [6, 6.07) is 0. The van der Waals surface area contributed by atoms with Crippen LogP contribution >= 0.6 is 24.0 Å². The molecule has 114 valence electrons. The molecule has 1 aliphatic rings. The minimum atomic E-state index is -0.977. The maximum Gasteiger partial charge on any atom is 0.491 e. The Morgan fingerprint density at radius 3 is 2.43 bits per heavy atom. The molecule has 0 amide bonds. The Bertz CT molecular complexity index is 566. The van der Waals surface area contributed by atoms with Gasteiger partial charge in [0.2, 0.25) is 0 Å². The Morgan fingerprint density at radius 2 is 2.00 bits per heavy atom. The van der Waals surface area contributed by atoms with E-state index >= 15 is 0 Å². The molecule has 0 unspecified atom stereocenters. The maximum absolute atomic E-state index is 10.9. The van der Waals surface area contributed by atoms with Crippen LogP contribution in [0, 0.1) is 0 Å². The van der Waals surface area contributed by atoms with Crippen molar-refractivity contribution in [3.63, 3.8) is 0 Å². The van der Waals surface area contributed by atoms with E-state index in [-0.39, 0.29) is 4.88 Å². The van der Waals surface area contributed by atoms with E-state index in [2.05, 4.69) is 17.6 Å². The average Bonchev–Trinajstić information content (AvgIpc) is 2.90. The highest BCUT2D eigenvalue weighted by Gasteiger charge is 2.52. The third kappa shape index (κ3) is 3.34. The lowest BCUT2D eigenvalue weighted by molar-refractivity contribution is 0.00578. The van der Waals surface area contributed by atoms with Crippen LogP contribution in [0.15, 0.2) is 11.7 Å². The highest BCUT2D eigenvalue weighted by atomic mass is 32.1. The topological polar surface area (TPSA) is 68.7 Å². The quantitative estimate of drug-likeness (QED) is 0.657. The van der Waals surface area contributed by atoms with E-state index in [1.54, 1.807) is 6.08 Å². The Balaban J connectivity index is 2.24. The summed E-state index contributed by atoms with van der Waals surface area (Å²) in [5, 5.41) is 9.53. The summed E-state index contributed by atoms with van der Waals surface area (Å²) in [4.78, 5) is 15.2. The number of thiol groups is 1. The molecule has 21 heavy (non-hydrogen) atoms. The summed E-state index contributed by atoms with van der Waals surface area (Å²) in [5.41, 5.74) is -0.0212. The number of thiazole rings is 1. The molecule has 1 aromatic heterocycles. The molecule has 1 N–H and O–H groups in total. The average molecular weight is 327 g/mol. The van der Waals surface area contributed by atoms with Gasteiger partial charge >= 0.3 is 13.1 Å². The fraction of sp³-hybridized carbons (Fsp3) is 0.538. The van der Waals surface area contributed by atoms with Gasteiger partial charge in [-0.25, -0.2) is 9.78 Å². The monoisotopic (exact) mass is 327 g/mol. The second kappa shape index (κ2) is 5.76. The van der Waals surface area contributed by atoms with Crippen molar-refractivity contribution in [2.75, 3.05) is 5.75 Å². The second-order valence-corrected chi connectivity index (χ2v) is 7.21. The van der Waals surface area contributed by atoms with Crippen LogP contribution in [-0.2, 0) is 9.31 Å². The summed E-state index contributed by atoms with van der Waals surface area (Å²) < 4.78 is 11.9. The third-order valence-corrected chi connectivity index (χ3v) is 5.08. The van der Waals surface area contributed by atoms with E-state index in [0.29, 0.717) is 10.8 Å². The maximum atomic E-state index is 10.9. The molecule has 0 aromatic carbocycles. The third-order valence-electron chi connectivity index (χ3n) is 3.78. The van der Waals surface area contributed by atoms with Crippen LogP contribution in [0.3, 0.4) is 0 Å². The second-order valence-electron chi connectivity index (χ2n) is 5.83. The molecule has 8 heteroatoms. The van der Waals surface area contributed by atoms with Gasteiger partial charge in [-0.1, -0.05) is 0 Å². The molecule has 0 spiro atoms. The Kier molecular flexibility index (Phi) is 4.53. The van der Waals surface area contributed by atoms with E-state index in [0.717, 1.165) is 16.8 Å². The molecule has 2 heterocycles. The molecule has 2 rings (SSSR count). The predicted octanol–water partition coefficient (Wildman–Crippen LogP) is 2.79. The molecule has 0 saturated carbocycles. The summed E-state index contributed by atoms with van der Waals surface area (Å²) in [6.45, 7) is 7.92. The predicted molar refractivity (Wildman–Crippen MR) is 87.0 cm³/mol. The first-order chi connectivity index (χ1) is 9.66. The van der Waals surface area contributed by atoms with E-state index < -0.39 is 24.3 Å². The van der Waals surface area contributed by atoms with E-state index in [9.17, 15) is 4.79 Å². The van der Waals surface area contributed by atoms with Crippen molar-refractivity contribution in [3.8, 4) is 0 Å². The standard InChI is InChI=1S/C13H18BNO4S2/c1-12(2)13(3,4)19-14(18-12)8(7-20)5-10-15-6-9(21-10)11(16)17/h5-6,20H,7H2,1-4H3,(H,16,17). The van der Waals surface area contributed by atoms with Crippen LogP contribution in [0.4, 0.5) is 0 Å². The molecule has 1 aromatic rings. The number of hydrogen-bond acceptors (Lipinski definition) is 6. The zero-order valence-electron chi connectivity index (χ0n) is 12.4. The van der Waals surface area contributed by atoms with Gasteiger partial charge in [-0.15, -0.1) is 11.3 Å².